The first kappa shape index (κ1) is 11.4. The number of hydrogen-bond donors (Lipinski definition) is 0. The second-order valence-electron chi connectivity index (χ2n) is 4.28. The molecule has 0 heterocycles. The van der Waals surface area contributed by atoms with Gasteiger partial charge < -0.3 is 0 Å². The highest BCUT2D eigenvalue weighted by Gasteiger charge is 2.08. The van der Waals surface area contributed by atoms with Crippen molar-refractivity contribution in [1.82, 2.24) is 0 Å². The van der Waals surface area contributed by atoms with E-state index in [0.717, 1.165) is 30.7 Å². The number of carbonyl (C=O) groups is 1. The minimum atomic E-state index is 0.273. The fourth-order valence-electron chi connectivity index (χ4n) is 2.07. The third-order valence-electron chi connectivity index (χ3n) is 2.86. The molecule has 2 rings (SSSR count). The first-order valence-corrected chi connectivity index (χ1v) is 6.08. The standard InChI is InChI=1S/C14H15ClO/c15-13-6-3-5-11(9-13)8-12-4-1-2-7-14(16)10-12/h3,5-6,9-10H,1-2,4,7-8H2. The molecule has 0 fully saturated rings. The molecular formula is C14H15ClO. The number of halogens is 1. The van der Waals surface area contributed by atoms with Crippen LogP contribution in [0.1, 0.15) is 31.2 Å². The molecule has 0 radical (unpaired) electrons. The van der Waals surface area contributed by atoms with Crippen molar-refractivity contribution in [1.29, 1.82) is 0 Å². The van der Waals surface area contributed by atoms with Gasteiger partial charge in [-0.05, 0) is 49.5 Å². The van der Waals surface area contributed by atoms with E-state index in [1.54, 1.807) is 0 Å². The van der Waals surface area contributed by atoms with Crippen molar-refractivity contribution >= 4 is 17.4 Å². The Morgan fingerprint density at radius 3 is 2.81 bits per heavy atom. The van der Waals surface area contributed by atoms with Gasteiger partial charge in [0.05, 0.1) is 0 Å². The lowest BCUT2D eigenvalue weighted by molar-refractivity contribution is -0.114. The van der Waals surface area contributed by atoms with E-state index in [9.17, 15) is 4.79 Å². The van der Waals surface area contributed by atoms with Gasteiger partial charge in [-0.15, -0.1) is 0 Å². The second-order valence-corrected chi connectivity index (χ2v) is 4.72. The van der Waals surface area contributed by atoms with Crippen molar-refractivity contribution in [3.05, 3.63) is 46.5 Å². The zero-order valence-corrected chi connectivity index (χ0v) is 9.96. The Morgan fingerprint density at radius 1 is 1.19 bits per heavy atom. The van der Waals surface area contributed by atoms with E-state index in [1.807, 2.05) is 24.3 Å². The molecule has 1 nitrogen and oxygen atoms in total. The fourth-order valence-corrected chi connectivity index (χ4v) is 2.28. The quantitative estimate of drug-likeness (QED) is 0.757. The van der Waals surface area contributed by atoms with E-state index in [4.69, 9.17) is 11.6 Å². The van der Waals surface area contributed by atoms with Gasteiger partial charge in [-0.2, -0.15) is 0 Å². The van der Waals surface area contributed by atoms with E-state index in [-0.39, 0.29) is 5.78 Å². The third-order valence-corrected chi connectivity index (χ3v) is 3.09. The summed E-state index contributed by atoms with van der Waals surface area (Å²) in [6.07, 6.45) is 6.57. The number of benzene rings is 1. The van der Waals surface area contributed by atoms with E-state index >= 15 is 0 Å². The van der Waals surface area contributed by atoms with E-state index in [2.05, 4.69) is 6.07 Å². The molecule has 0 saturated heterocycles. The van der Waals surface area contributed by atoms with Gasteiger partial charge in [0.25, 0.3) is 0 Å². The molecule has 0 atom stereocenters. The molecule has 0 amide bonds. The Morgan fingerprint density at radius 2 is 2.00 bits per heavy atom. The van der Waals surface area contributed by atoms with E-state index in [0.29, 0.717) is 6.42 Å². The lowest BCUT2D eigenvalue weighted by atomic mass is 10.0. The maximum atomic E-state index is 11.4. The fraction of sp³-hybridized carbons (Fsp3) is 0.357. The highest BCUT2D eigenvalue weighted by Crippen LogP contribution is 2.20. The van der Waals surface area contributed by atoms with Crippen molar-refractivity contribution in [2.24, 2.45) is 0 Å². The lowest BCUT2D eigenvalue weighted by Crippen LogP contribution is -1.93. The minimum Gasteiger partial charge on any atom is -0.295 e. The summed E-state index contributed by atoms with van der Waals surface area (Å²) in [6.45, 7) is 0. The van der Waals surface area contributed by atoms with Crippen molar-refractivity contribution in [3.63, 3.8) is 0 Å². The van der Waals surface area contributed by atoms with E-state index < -0.39 is 0 Å². The van der Waals surface area contributed by atoms with Crippen LogP contribution in [0, 0.1) is 0 Å². The molecule has 0 aliphatic heterocycles. The van der Waals surface area contributed by atoms with Crippen molar-refractivity contribution in [2.45, 2.75) is 32.1 Å². The molecule has 0 spiro atoms. The summed E-state index contributed by atoms with van der Waals surface area (Å²) in [5.41, 5.74) is 2.43. The van der Waals surface area contributed by atoms with Gasteiger partial charge in [-0.3, -0.25) is 4.79 Å². The first-order chi connectivity index (χ1) is 7.74. The van der Waals surface area contributed by atoms with Crippen molar-refractivity contribution in [2.75, 3.05) is 0 Å². The van der Waals surface area contributed by atoms with Gasteiger partial charge in [0, 0.05) is 11.4 Å². The van der Waals surface area contributed by atoms with Crippen LogP contribution in [0.3, 0.4) is 0 Å². The molecule has 0 N–H and O–H groups in total. The summed E-state index contributed by atoms with van der Waals surface area (Å²) >= 11 is 5.94. The molecule has 1 aliphatic rings. The number of allylic oxidation sites excluding steroid dienone is 2. The molecule has 0 aromatic heterocycles. The summed E-state index contributed by atoms with van der Waals surface area (Å²) in [5.74, 6) is 0.273. The molecule has 16 heavy (non-hydrogen) atoms. The topological polar surface area (TPSA) is 17.1 Å². The average Bonchev–Trinajstić information content (AvgIpc) is 2.43. The van der Waals surface area contributed by atoms with Crippen LogP contribution in [0.2, 0.25) is 5.02 Å². The van der Waals surface area contributed by atoms with Gasteiger partial charge in [0.2, 0.25) is 0 Å². The zero-order valence-electron chi connectivity index (χ0n) is 9.21. The largest absolute Gasteiger partial charge is 0.295 e. The van der Waals surface area contributed by atoms with Crippen LogP contribution < -0.4 is 0 Å². The van der Waals surface area contributed by atoms with Gasteiger partial charge in [0.15, 0.2) is 5.78 Å². The SMILES string of the molecule is O=C1C=C(Cc2cccc(Cl)c2)CCCC1. The maximum absolute atomic E-state index is 11.4. The molecule has 0 bridgehead atoms. The predicted molar refractivity (Wildman–Crippen MR) is 66.7 cm³/mol. The number of ketones is 1. The molecule has 0 unspecified atom stereocenters. The highest BCUT2D eigenvalue weighted by molar-refractivity contribution is 6.30. The average molecular weight is 235 g/mol. The van der Waals surface area contributed by atoms with Crippen LogP contribution >= 0.6 is 11.6 Å². The minimum absolute atomic E-state index is 0.273. The Balaban J connectivity index is 2.11. The van der Waals surface area contributed by atoms with Crippen LogP contribution in [0.25, 0.3) is 0 Å². The highest BCUT2D eigenvalue weighted by atomic mass is 35.5. The second kappa shape index (κ2) is 5.31. The van der Waals surface area contributed by atoms with Crippen LogP contribution in [0.5, 0.6) is 0 Å². The molecular weight excluding hydrogens is 220 g/mol. The Labute approximate surface area is 101 Å². The maximum Gasteiger partial charge on any atom is 0.155 e. The summed E-state index contributed by atoms with van der Waals surface area (Å²) in [5, 5.41) is 0.762. The zero-order chi connectivity index (χ0) is 11.4. The van der Waals surface area contributed by atoms with Gasteiger partial charge in [-0.25, -0.2) is 0 Å². The number of hydrogen-bond acceptors (Lipinski definition) is 1. The molecule has 0 saturated carbocycles. The predicted octanol–water partition coefficient (Wildman–Crippen LogP) is 3.95. The number of rotatable bonds is 2. The molecule has 84 valence electrons. The van der Waals surface area contributed by atoms with Crippen LogP contribution in [-0.4, -0.2) is 5.78 Å². The van der Waals surface area contributed by atoms with Gasteiger partial charge >= 0.3 is 0 Å². The first-order valence-electron chi connectivity index (χ1n) is 5.71. The molecule has 1 aromatic rings. The molecule has 1 aliphatic carbocycles. The lowest BCUT2D eigenvalue weighted by Gasteiger charge is -2.05. The molecule has 1 aromatic carbocycles. The summed E-state index contributed by atoms with van der Waals surface area (Å²) < 4.78 is 0. The van der Waals surface area contributed by atoms with Gasteiger partial charge in [-0.1, -0.05) is 29.3 Å². The normalized spacial score (nSPS) is 16.8. The van der Waals surface area contributed by atoms with E-state index in [1.165, 1.54) is 11.1 Å². The Bertz CT molecular complexity index is 420. The monoisotopic (exact) mass is 234 g/mol. The third kappa shape index (κ3) is 3.21. The Kier molecular flexibility index (Phi) is 3.79. The summed E-state index contributed by atoms with van der Waals surface area (Å²) in [4.78, 5) is 11.4. The number of carbonyl (C=O) groups excluding carboxylic acids is 1. The van der Waals surface area contributed by atoms with Crippen LogP contribution in [0.4, 0.5) is 0 Å². The summed E-state index contributed by atoms with van der Waals surface area (Å²) in [6, 6.07) is 7.86. The van der Waals surface area contributed by atoms with Crippen LogP contribution in [0.15, 0.2) is 35.9 Å². The van der Waals surface area contributed by atoms with Gasteiger partial charge in [0.1, 0.15) is 0 Å². The van der Waals surface area contributed by atoms with Crippen molar-refractivity contribution in [3.8, 4) is 0 Å². The smallest absolute Gasteiger partial charge is 0.155 e. The Hall–Kier alpha value is -1.08. The van der Waals surface area contributed by atoms with Crippen molar-refractivity contribution < 1.29 is 4.79 Å². The summed E-state index contributed by atoms with van der Waals surface area (Å²) in [7, 11) is 0. The molecule has 2 heteroatoms. The van der Waals surface area contributed by atoms with Crippen LogP contribution in [-0.2, 0) is 11.2 Å².